The number of hydrogen-bond acceptors (Lipinski definition) is 4. The highest BCUT2D eigenvalue weighted by molar-refractivity contribution is 5.83. The number of nitrogens with one attached hydrogen (secondary N) is 1. The molecule has 1 aromatic carbocycles. The first kappa shape index (κ1) is 11.4. The van der Waals surface area contributed by atoms with E-state index in [2.05, 4.69) is 20.4 Å². The number of H-pyrrole nitrogens is 1. The Morgan fingerprint density at radius 2 is 2.21 bits per heavy atom. The van der Waals surface area contributed by atoms with Crippen molar-refractivity contribution in [1.82, 2.24) is 25.2 Å². The fraction of sp³-hybridized carbons (Fsp3) is 0.167. The van der Waals surface area contributed by atoms with Crippen molar-refractivity contribution in [1.29, 1.82) is 0 Å². The van der Waals surface area contributed by atoms with Crippen LogP contribution in [0.2, 0.25) is 0 Å². The Labute approximate surface area is 107 Å². The van der Waals surface area contributed by atoms with Crippen molar-refractivity contribution in [3.8, 4) is 0 Å². The molecule has 0 fully saturated rings. The van der Waals surface area contributed by atoms with Gasteiger partial charge in [-0.2, -0.15) is 4.80 Å². The van der Waals surface area contributed by atoms with Gasteiger partial charge in [0.05, 0.1) is 0 Å². The van der Waals surface area contributed by atoms with E-state index in [1.54, 1.807) is 0 Å². The van der Waals surface area contributed by atoms with Crippen LogP contribution in [0.5, 0.6) is 0 Å². The Balaban J connectivity index is 1.84. The molecule has 2 heterocycles. The number of nitrogens with zero attached hydrogens (tertiary/aromatic N) is 4. The number of carboxylic acid groups (broad SMARTS) is 1. The summed E-state index contributed by atoms with van der Waals surface area (Å²) in [5, 5.41) is 21.3. The van der Waals surface area contributed by atoms with Crippen molar-refractivity contribution in [3.63, 3.8) is 0 Å². The molecule has 0 saturated heterocycles. The Morgan fingerprint density at radius 1 is 1.37 bits per heavy atom. The van der Waals surface area contributed by atoms with Crippen molar-refractivity contribution in [3.05, 3.63) is 41.9 Å². The first-order valence-corrected chi connectivity index (χ1v) is 5.76. The summed E-state index contributed by atoms with van der Waals surface area (Å²) in [6, 6.07) is 7.94. The number of tetrazole rings is 1. The van der Waals surface area contributed by atoms with Crippen LogP contribution in [0.3, 0.4) is 0 Å². The van der Waals surface area contributed by atoms with E-state index in [1.807, 2.05) is 30.5 Å². The monoisotopic (exact) mass is 257 g/mol. The van der Waals surface area contributed by atoms with E-state index in [-0.39, 0.29) is 6.54 Å². The fourth-order valence-electron chi connectivity index (χ4n) is 1.98. The predicted molar refractivity (Wildman–Crippen MR) is 66.6 cm³/mol. The summed E-state index contributed by atoms with van der Waals surface area (Å²) in [5.74, 6) is -0.484. The Morgan fingerprint density at radius 3 is 3.05 bits per heavy atom. The summed E-state index contributed by atoms with van der Waals surface area (Å²) in [6.07, 6.45) is 2.42. The molecule has 0 unspecified atom stereocenters. The van der Waals surface area contributed by atoms with Gasteiger partial charge in [0.15, 0.2) is 12.4 Å². The van der Waals surface area contributed by atoms with E-state index >= 15 is 0 Å². The normalized spacial score (nSPS) is 10.9. The van der Waals surface area contributed by atoms with Gasteiger partial charge in [0.1, 0.15) is 0 Å². The molecule has 0 aliphatic carbocycles. The minimum Gasteiger partial charge on any atom is -0.480 e. The van der Waals surface area contributed by atoms with Crippen molar-refractivity contribution < 1.29 is 9.90 Å². The van der Waals surface area contributed by atoms with Gasteiger partial charge in [-0.3, -0.25) is 4.79 Å². The number of aromatic amines is 1. The second-order valence-corrected chi connectivity index (χ2v) is 4.17. The van der Waals surface area contributed by atoms with Gasteiger partial charge in [0, 0.05) is 23.5 Å². The zero-order chi connectivity index (χ0) is 13.2. The first-order valence-electron chi connectivity index (χ1n) is 5.76. The number of aliphatic carboxylic acids is 1. The molecular formula is C12H11N5O2. The molecule has 0 aliphatic rings. The van der Waals surface area contributed by atoms with Gasteiger partial charge in [-0.15, -0.1) is 10.2 Å². The molecule has 3 aromatic rings. The topological polar surface area (TPSA) is 96.7 Å². The summed E-state index contributed by atoms with van der Waals surface area (Å²) in [5.41, 5.74) is 2.11. The van der Waals surface area contributed by atoms with Gasteiger partial charge in [-0.05, 0) is 16.8 Å². The lowest BCUT2D eigenvalue weighted by Crippen LogP contribution is -2.11. The summed E-state index contributed by atoms with van der Waals surface area (Å²) < 4.78 is 0. The van der Waals surface area contributed by atoms with Gasteiger partial charge < -0.3 is 10.1 Å². The zero-order valence-corrected chi connectivity index (χ0v) is 9.95. The molecule has 3 rings (SSSR count). The number of fused-ring (bicyclic) bond motifs is 1. The Bertz CT molecular complexity index is 730. The Kier molecular flexibility index (Phi) is 2.71. The van der Waals surface area contributed by atoms with Crippen molar-refractivity contribution in [2.45, 2.75) is 13.0 Å². The number of carbonyl (C=O) groups is 1. The van der Waals surface area contributed by atoms with Crippen LogP contribution >= 0.6 is 0 Å². The fourth-order valence-corrected chi connectivity index (χ4v) is 1.98. The van der Waals surface area contributed by atoms with Crippen LogP contribution in [0, 0.1) is 0 Å². The van der Waals surface area contributed by atoms with Crippen LogP contribution in [0.25, 0.3) is 10.9 Å². The molecule has 0 atom stereocenters. The van der Waals surface area contributed by atoms with E-state index < -0.39 is 5.97 Å². The van der Waals surface area contributed by atoms with Crippen molar-refractivity contribution in [2.24, 2.45) is 0 Å². The molecule has 2 aromatic heterocycles. The molecule has 0 radical (unpaired) electrons. The number of para-hydroxylation sites is 1. The highest BCUT2D eigenvalue weighted by Gasteiger charge is 2.09. The van der Waals surface area contributed by atoms with E-state index in [4.69, 9.17) is 5.11 Å². The average Bonchev–Trinajstić information content (AvgIpc) is 2.97. The largest absolute Gasteiger partial charge is 0.480 e. The molecule has 0 spiro atoms. The summed E-state index contributed by atoms with van der Waals surface area (Å²) in [6.45, 7) is -0.277. The third-order valence-corrected chi connectivity index (χ3v) is 2.79. The molecule has 7 nitrogen and oxygen atoms in total. The van der Waals surface area contributed by atoms with Crippen LogP contribution in [-0.2, 0) is 17.8 Å². The number of hydrogen-bond donors (Lipinski definition) is 2. The van der Waals surface area contributed by atoms with Crippen molar-refractivity contribution in [2.75, 3.05) is 0 Å². The predicted octanol–water partition coefficient (Wildman–Crippen LogP) is 0.830. The van der Waals surface area contributed by atoms with Gasteiger partial charge >= 0.3 is 5.97 Å². The van der Waals surface area contributed by atoms with E-state index in [9.17, 15) is 4.79 Å². The summed E-state index contributed by atoms with van der Waals surface area (Å²) in [4.78, 5) is 14.8. The van der Waals surface area contributed by atoms with Crippen LogP contribution < -0.4 is 0 Å². The van der Waals surface area contributed by atoms with E-state index in [1.165, 1.54) is 0 Å². The lowest BCUT2D eigenvalue weighted by Gasteiger charge is -1.94. The molecule has 0 bridgehead atoms. The Hall–Kier alpha value is -2.70. The number of carboxylic acids is 1. The lowest BCUT2D eigenvalue weighted by atomic mass is 10.1. The average molecular weight is 257 g/mol. The molecule has 2 N–H and O–H groups in total. The minimum absolute atomic E-state index is 0.277. The molecular weight excluding hydrogens is 246 g/mol. The third-order valence-electron chi connectivity index (χ3n) is 2.79. The summed E-state index contributed by atoms with van der Waals surface area (Å²) in [7, 11) is 0. The van der Waals surface area contributed by atoms with Crippen LogP contribution in [0.4, 0.5) is 0 Å². The number of benzene rings is 1. The second-order valence-electron chi connectivity index (χ2n) is 4.17. The van der Waals surface area contributed by atoms with Crippen LogP contribution in [0.1, 0.15) is 11.4 Å². The summed E-state index contributed by atoms with van der Waals surface area (Å²) >= 11 is 0. The van der Waals surface area contributed by atoms with Gasteiger partial charge in [-0.25, -0.2) is 0 Å². The third kappa shape index (κ3) is 2.30. The molecule has 96 valence electrons. The zero-order valence-electron chi connectivity index (χ0n) is 9.95. The van der Waals surface area contributed by atoms with E-state index in [0.29, 0.717) is 12.2 Å². The smallest absolute Gasteiger partial charge is 0.327 e. The maximum Gasteiger partial charge on any atom is 0.327 e. The van der Waals surface area contributed by atoms with Crippen LogP contribution in [-0.4, -0.2) is 36.3 Å². The molecule has 19 heavy (non-hydrogen) atoms. The SMILES string of the molecule is O=C(O)Cn1nnc(Cc2c[nH]c3ccccc23)n1. The lowest BCUT2D eigenvalue weighted by molar-refractivity contribution is -0.138. The maximum absolute atomic E-state index is 10.5. The van der Waals surface area contributed by atoms with Gasteiger partial charge in [0.25, 0.3) is 0 Å². The molecule has 0 amide bonds. The highest BCUT2D eigenvalue weighted by atomic mass is 16.4. The standard InChI is InChI=1S/C12H11N5O2/c18-12(19)7-17-15-11(14-16-17)5-8-6-13-10-4-2-1-3-9(8)10/h1-4,6,13H,5,7H2,(H,18,19). The van der Waals surface area contributed by atoms with Gasteiger partial charge in [-0.1, -0.05) is 18.2 Å². The molecule has 0 saturated carbocycles. The second kappa shape index (κ2) is 4.52. The molecule has 7 heteroatoms. The number of aromatic nitrogens is 5. The number of rotatable bonds is 4. The van der Waals surface area contributed by atoms with E-state index in [0.717, 1.165) is 21.3 Å². The highest BCUT2D eigenvalue weighted by Crippen LogP contribution is 2.19. The first-order chi connectivity index (χ1) is 9.22. The van der Waals surface area contributed by atoms with Crippen molar-refractivity contribution >= 4 is 16.9 Å². The van der Waals surface area contributed by atoms with Gasteiger partial charge in [0.2, 0.25) is 0 Å². The quantitative estimate of drug-likeness (QED) is 0.721. The van der Waals surface area contributed by atoms with Crippen LogP contribution in [0.15, 0.2) is 30.5 Å². The minimum atomic E-state index is -0.990. The molecule has 0 aliphatic heterocycles. The maximum atomic E-state index is 10.5.